The predicted octanol–water partition coefficient (Wildman–Crippen LogP) is 4.76. The molecule has 3 nitrogen and oxygen atoms in total. The fraction of sp³-hybridized carbons (Fsp3) is 0.154. The molecule has 20 heavy (non-hydrogen) atoms. The van der Waals surface area contributed by atoms with E-state index < -0.39 is 0 Å². The molecule has 1 amide bonds. The number of hydrogen-bond acceptors (Lipinski definition) is 3. The standard InChI is InChI=1S/C13H10BrCl2NO2S/c1-19-10-3-2-8(14)4-7(10)6-17-13(18)9-5-11(15)20-12(9)16/h2-5H,6H2,1H3,(H,17,18). The summed E-state index contributed by atoms with van der Waals surface area (Å²) in [5, 5.41) is 2.80. The maximum absolute atomic E-state index is 12.0. The Morgan fingerprint density at radius 1 is 1.40 bits per heavy atom. The summed E-state index contributed by atoms with van der Waals surface area (Å²) in [7, 11) is 1.59. The summed E-state index contributed by atoms with van der Waals surface area (Å²) >= 11 is 16.3. The van der Waals surface area contributed by atoms with Crippen LogP contribution in [0.15, 0.2) is 28.7 Å². The lowest BCUT2D eigenvalue weighted by atomic mass is 10.2. The second kappa shape index (κ2) is 6.80. The van der Waals surface area contributed by atoms with Gasteiger partial charge in [-0.2, -0.15) is 0 Å². The molecule has 0 unspecified atom stereocenters. The van der Waals surface area contributed by atoms with Crippen molar-refractivity contribution in [3.05, 3.63) is 48.5 Å². The molecule has 0 aliphatic rings. The number of carbonyl (C=O) groups excluding carboxylic acids is 1. The molecular formula is C13H10BrCl2NO2S. The molecule has 0 fully saturated rings. The first-order valence-corrected chi connectivity index (χ1v) is 7.93. The highest BCUT2D eigenvalue weighted by molar-refractivity contribution is 9.10. The van der Waals surface area contributed by atoms with Crippen LogP contribution in [0.2, 0.25) is 8.67 Å². The van der Waals surface area contributed by atoms with Gasteiger partial charge in [0.15, 0.2) is 0 Å². The number of carbonyl (C=O) groups is 1. The third-order valence-electron chi connectivity index (χ3n) is 2.58. The molecule has 7 heteroatoms. The van der Waals surface area contributed by atoms with E-state index in [1.165, 1.54) is 11.3 Å². The third kappa shape index (κ3) is 3.67. The minimum absolute atomic E-state index is 0.264. The first kappa shape index (κ1) is 15.6. The van der Waals surface area contributed by atoms with Gasteiger partial charge in [0.05, 0.1) is 17.0 Å². The van der Waals surface area contributed by atoms with Gasteiger partial charge in [0.1, 0.15) is 10.1 Å². The lowest BCUT2D eigenvalue weighted by molar-refractivity contribution is 0.0951. The molecule has 1 aromatic heterocycles. The molecule has 1 aromatic carbocycles. The molecule has 0 saturated heterocycles. The highest BCUT2D eigenvalue weighted by Gasteiger charge is 2.14. The SMILES string of the molecule is COc1ccc(Br)cc1CNC(=O)c1cc(Cl)sc1Cl. The summed E-state index contributed by atoms with van der Waals surface area (Å²) in [6.07, 6.45) is 0. The van der Waals surface area contributed by atoms with Crippen LogP contribution in [0, 0.1) is 0 Å². The van der Waals surface area contributed by atoms with E-state index in [2.05, 4.69) is 21.2 Å². The van der Waals surface area contributed by atoms with Crippen molar-refractivity contribution in [1.82, 2.24) is 5.32 Å². The van der Waals surface area contributed by atoms with Crippen molar-refractivity contribution in [3.8, 4) is 5.75 Å². The summed E-state index contributed by atoms with van der Waals surface area (Å²) in [6, 6.07) is 7.16. The molecule has 0 saturated carbocycles. The molecule has 1 N–H and O–H groups in total. The highest BCUT2D eigenvalue weighted by atomic mass is 79.9. The van der Waals surface area contributed by atoms with Gasteiger partial charge in [0.2, 0.25) is 0 Å². The van der Waals surface area contributed by atoms with Gasteiger partial charge in [0, 0.05) is 16.6 Å². The lowest BCUT2D eigenvalue weighted by Gasteiger charge is -2.10. The van der Waals surface area contributed by atoms with Gasteiger partial charge in [-0.15, -0.1) is 11.3 Å². The number of rotatable bonds is 4. The van der Waals surface area contributed by atoms with Crippen LogP contribution in [0.1, 0.15) is 15.9 Å². The van der Waals surface area contributed by atoms with E-state index in [4.69, 9.17) is 27.9 Å². The molecule has 106 valence electrons. The molecule has 0 aliphatic heterocycles. The van der Waals surface area contributed by atoms with Crippen LogP contribution in [-0.4, -0.2) is 13.0 Å². The second-order valence-corrected chi connectivity index (χ2v) is 7.08. The fourth-order valence-electron chi connectivity index (χ4n) is 1.65. The van der Waals surface area contributed by atoms with Gasteiger partial charge < -0.3 is 10.1 Å². The van der Waals surface area contributed by atoms with Crippen molar-refractivity contribution in [1.29, 1.82) is 0 Å². The van der Waals surface area contributed by atoms with Crippen molar-refractivity contribution in [2.45, 2.75) is 6.54 Å². The minimum atomic E-state index is -0.264. The Balaban J connectivity index is 2.11. The molecule has 2 rings (SSSR count). The highest BCUT2D eigenvalue weighted by Crippen LogP contribution is 2.31. The van der Waals surface area contributed by atoms with Crippen LogP contribution in [0.25, 0.3) is 0 Å². The van der Waals surface area contributed by atoms with Crippen molar-refractivity contribution >= 4 is 56.4 Å². The van der Waals surface area contributed by atoms with Crippen molar-refractivity contribution in [2.75, 3.05) is 7.11 Å². The largest absolute Gasteiger partial charge is 0.496 e. The minimum Gasteiger partial charge on any atom is -0.496 e. The Bertz CT molecular complexity index is 645. The van der Waals surface area contributed by atoms with Gasteiger partial charge >= 0.3 is 0 Å². The van der Waals surface area contributed by atoms with Crippen molar-refractivity contribution < 1.29 is 9.53 Å². The third-order valence-corrected chi connectivity index (χ3v) is 4.56. The van der Waals surface area contributed by atoms with Crippen LogP contribution in [-0.2, 0) is 6.54 Å². The van der Waals surface area contributed by atoms with E-state index in [0.717, 1.165) is 10.0 Å². The van der Waals surface area contributed by atoms with Crippen LogP contribution < -0.4 is 10.1 Å². The summed E-state index contributed by atoms with van der Waals surface area (Å²) < 4.78 is 7.03. The van der Waals surface area contributed by atoms with Gasteiger partial charge in [-0.1, -0.05) is 39.1 Å². The Morgan fingerprint density at radius 2 is 2.15 bits per heavy atom. The maximum atomic E-state index is 12.0. The quantitative estimate of drug-likeness (QED) is 0.811. The van der Waals surface area contributed by atoms with E-state index >= 15 is 0 Å². The molecule has 2 aromatic rings. The van der Waals surface area contributed by atoms with Gasteiger partial charge in [-0.3, -0.25) is 4.79 Å². The number of ether oxygens (including phenoxy) is 1. The van der Waals surface area contributed by atoms with E-state index in [1.54, 1.807) is 13.2 Å². The number of benzene rings is 1. The first-order chi connectivity index (χ1) is 9.51. The molecule has 0 aliphatic carbocycles. The topological polar surface area (TPSA) is 38.3 Å². The Kier molecular flexibility index (Phi) is 5.32. The van der Waals surface area contributed by atoms with Crippen molar-refractivity contribution in [2.24, 2.45) is 0 Å². The van der Waals surface area contributed by atoms with Crippen LogP contribution in [0.4, 0.5) is 0 Å². The number of halogens is 3. The number of nitrogens with one attached hydrogen (secondary N) is 1. The average molecular weight is 395 g/mol. The Labute approximate surface area is 139 Å². The molecule has 0 spiro atoms. The smallest absolute Gasteiger partial charge is 0.253 e. The summed E-state index contributed by atoms with van der Waals surface area (Å²) in [6.45, 7) is 0.339. The summed E-state index contributed by atoms with van der Waals surface area (Å²) in [5.41, 5.74) is 1.25. The predicted molar refractivity (Wildman–Crippen MR) is 86.2 cm³/mol. The van der Waals surface area contributed by atoms with E-state index in [-0.39, 0.29) is 5.91 Å². The van der Waals surface area contributed by atoms with Crippen molar-refractivity contribution in [3.63, 3.8) is 0 Å². The maximum Gasteiger partial charge on any atom is 0.253 e. The fourth-order valence-corrected chi connectivity index (χ4v) is 3.52. The van der Waals surface area contributed by atoms with Gasteiger partial charge in [-0.25, -0.2) is 0 Å². The van der Waals surface area contributed by atoms with Crippen LogP contribution in [0.5, 0.6) is 5.75 Å². The number of methoxy groups -OCH3 is 1. The zero-order chi connectivity index (χ0) is 14.7. The summed E-state index contributed by atoms with van der Waals surface area (Å²) in [5.74, 6) is 0.447. The molecule has 0 radical (unpaired) electrons. The molecular weight excluding hydrogens is 385 g/mol. The van der Waals surface area contributed by atoms with Gasteiger partial charge in [0.25, 0.3) is 5.91 Å². The number of hydrogen-bond donors (Lipinski definition) is 1. The van der Waals surface area contributed by atoms with Crippen LogP contribution >= 0.6 is 50.5 Å². The first-order valence-electron chi connectivity index (χ1n) is 5.56. The van der Waals surface area contributed by atoms with Crippen LogP contribution in [0.3, 0.4) is 0 Å². The molecule has 0 atom stereocenters. The van der Waals surface area contributed by atoms with E-state index in [9.17, 15) is 4.79 Å². The molecule has 0 bridgehead atoms. The lowest BCUT2D eigenvalue weighted by Crippen LogP contribution is -2.22. The normalized spacial score (nSPS) is 10.4. The monoisotopic (exact) mass is 393 g/mol. The summed E-state index contributed by atoms with van der Waals surface area (Å²) in [4.78, 5) is 12.0. The zero-order valence-corrected chi connectivity index (χ0v) is 14.3. The second-order valence-electron chi connectivity index (χ2n) is 3.88. The Morgan fingerprint density at radius 3 is 2.75 bits per heavy atom. The van der Waals surface area contributed by atoms with Gasteiger partial charge in [-0.05, 0) is 24.3 Å². The number of thiophene rings is 1. The van der Waals surface area contributed by atoms with E-state index in [1.807, 2.05) is 18.2 Å². The zero-order valence-electron chi connectivity index (χ0n) is 10.4. The average Bonchev–Trinajstić information content (AvgIpc) is 2.75. The Hall–Kier alpha value is -0.750. The number of amides is 1. The van der Waals surface area contributed by atoms with E-state index in [0.29, 0.717) is 26.5 Å². The molecule has 1 heterocycles.